The molecule has 1 unspecified atom stereocenters. The van der Waals surface area contributed by atoms with Gasteiger partial charge in [-0.15, -0.1) is 0 Å². The van der Waals surface area contributed by atoms with Crippen molar-refractivity contribution in [1.82, 2.24) is 10.6 Å². The van der Waals surface area contributed by atoms with Crippen LogP contribution < -0.4 is 16.0 Å². The van der Waals surface area contributed by atoms with Crippen molar-refractivity contribution in [3.63, 3.8) is 0 Å². The average Bonchev–Trinajstić information content (AvgIpc) is 3.22. The molecular formula is C28H32Cl2FN3O3. The highest BCUT2D eigenvalue weighted by molar-refractivity contribution is 6.31. The SMILES string of the molecule is CC(C)(C)C[C@@H]1N[C@@H](C(=O)NC2CC(C)(O)C2)[C@H](c2cccc(Cl)c2)C12C(=O)Nc1cc(Cl)c(F)cc12. The van der Waals surface area contributed by atoms with Crippen molar-refractivity contribution in [3.8, 4) is 0 Å². The molecule has 6 nitrogen and oxygen atoms in total. The fourth-order valence-corrected chi connectivity index (χ4v) is 6.89. The van der Waals surface area contributed by atoms with Gasteiger partial charge in [0.1, 0.15) is 11.2 Å². The fourth-order valence-electron chi connectivity index (χ4n) is 6.53. The molecule has 2 heterocycles. The number of carbonyl (C=O) groups excluding carboxylic acids is 2. The van der Waals surface area contributed by atoms with E-state index in [-0.39, 0.29) is 28.3 Å². The van der Waals surface area contributed by atoms with E-state index in [1.54, 1.807) is 25.1 Å². The molecule has 2 aromatic carbocycles. The standard InChI is InChI=1S/C28H32Cl2FN3O3/c1-26(2,3)13-21-28(17-9-19(31)18(30)10-20(17)33-25(28)36)22(14-6-5-7-15(29)8-14)23(34-21)24(35)32-16-11-27(4,37)12-16/h5-10,16,21-23,34,37H,11-13H2,1-4H3,(H,32,35)(H,33,36)/t16?,21-,22-,23+,27?,28?/m0/s1. The lowest BCUT2D eigenvalue weighted by atomic mass is 9.62. The number of fused-ring (bicyclic) bond motifs is 2. The van der Waals surface area contributed by atoms with Crippen LogP contribution in [0.15, 0.2) is 36.4 Å². The number of carbonyl (C=O) groups is 2. The summed E-state index contributed by atoms with van der Waals surface area (Å²) in [5, 5.41) is 20.0. The van der Waals surface area contributed by atoms with E-state index in [1.165, 1.54) is 12.1 Å². The van der Waals surface area contributed by atoms with E-state index in [0.717, 1.165) is 0 Å². The third-order valence-electron chi connectivity index (χ3n) is 7.91. The molecular weight excluding hydrogens is 516 g/mol. The summed E-state index contributed by atoms with van der Waals surface area (Å²) >= 11 is 12.5. The van der Waals surface area contributed by atoms with Crippen LogP contribution in [0.25, 0.3) is 0 Å². The average molecular weight is 548 g/mol. The Balaban J connectivity index is 1.68. The number of rotatable bonds is 4. The quantitative estimate of drug-likeness (QED) is 0.437. The van der Waals surface area contributed by atoms with Crippen molar-refractivity contribution in [1.29, 1.82) is 0 Å². The van der Waals surface area contributed by atoms with Gasteiger partial charge >= 0.3 is 0 Å². The van der Waals surface area contributed by atoms with Gasteiger partial charge in [0.15, 0.2) is 0 Å². The number of hydrogen-bond donors (Lipinski definition) is 4. The summed E-state index contributed by atoms with van der Waals surface area (Å²) in [5.74, 6) is -1.88. The Morgan fingerprint density at radius 2 is 1.92 bits per heavy atom. The van der Waals surface area contributed by atoms with Gasteiger partial charge in [-0.1, -0.05) is 56.1 Å². The van der Waals surface area contributed by atoms with Crippen LogP contribution in [0, 0.1) is 11.2 Å². The molecule has 1 saturated heterocycles. The summed E-state index contributed by atoms with van der Waals surface area (Å²) in [5.41, 5.74) is -0.671. The van der Waals surface area contributed by atoms with E-state index in [2.05, 4.69) is 36.7 Å². The highest BCUT2D eigenvalue weighted by Crippen LogP contribution is 2.57. The summed E-state index contributed by atoms with van der Waals surface area (Å²) in [6.45, 7) is 7.94. The predicted molar refractivity (Wildman–Crippen MR) is 142 cm³/mol. The fraction of sp³-hybridized carbons (Fsp3) is 0.500. The zero-order valence-corrected chi connectivity index (χ0v) is 22.8. The first-order chi connectivity index (χ1) is 17.2. The van der Waals surface area contributed by atoms with Gasteiger partial charge in [0.25, 0.3) is 0 Å². The highest BCUT2D eigenvalue weighted by atomic mass is 35.5. The van der Waals surface area contributed by atoms with Crippen LogP contribution in [0.3, 0.4) is 0 Å². The molecule has 2 amide bonds. The summed E-state index contributed by atoms with van der Waals surface area (Å²) in [6, 6.07) is 8.46. The van der Waals surface area contributed by atoms with E-state index in [4.69, 9.17) is 23.2 Å². The molecule has 4 N–H and O–H groups in total. The molecule has 2 fully saturated rings. The Hall–Kier alpha value is -2.19. The van der Waals surface area contributed by atoms with Crippen LogP contribution in [0.1, 0.15) is 64.0 Å². The van der Waals surface area contributed by atoms with Crippen LogP contribution in [0.4, 0.5) is 10.1 Å². The lowest BCUT2D eigenvalue weighted by Gasteiger charge is -2.42. The molecule has 3 aliphatic rings. The van der Waals surface area contributed by atoms with Crippen molar-refractivity contribution >= 4 is 40.7 Å². The molecule has 2 aromatic rings. The Kier molecular flexibility index (Phi) is 6.38. The maximum absolute atomic E-state index is 14.9. The molecule has 4 atom stereocenters. The third-order valence-corrected chi connectivity index (χ3v) is 8.43. The Labute approximate surface area is 226 Å². The van der Waals surface area contributed by atoms with Gasteiger partial charge in [-0.05, 0) is 67.0 Å². The Bertz CT molecular complexity index is 1270. The largest absolute Gasteiger partial charge is 0.390 e. The van der Waals surface area contributed by atoms with Crippen molar-refractivity contribution in [2.75, 3.05) is 5.32 Å². The molecule has 198 valence electrons. The molecule has 1 aliphatic carbocycles. The number of nitrogens with one attached hydrogen (secondary N) is 3. The maximum Gasteiger partial charge on any atom is 0.238 e. The second-order valence-electron chi connectivity index (χ2n) is 12.2. The summed E-state index contributed by atoms with van der Waals surface area (Å²) in [7, 11) is 0. The second-order valence-corrected chi connectivity index (χ2v) is 13.1. The monoisotopic (exact) mass is 547 g/mol. The zero-order chi connectivity index (χ0) is 26.9. The van der Waals surface area contributed by atoms with Crippen LogP contribution in [-0.4, -0.2) is 40.6 Å². The van der Waals surface area contributed by atoms with Crippen molar-refractivity contribution < 1.29 is 19.1 Å². The first-order valence-electron chi connectivity index (χ1n) is 12.6. The van der Waals surface area contributed by atoms with Gasteiger partial charge in [-0.3, -0.25) is 9.59 Å². The van der Waals surface area contributed by atoms with Gasteiger partial charge in [-0.25, -0.2) is 4.39 Å². The molecule has 0 bridgehead atoms. The van der Waals surface area contributed by atoms with Gasteiger partial charge in [0.2, 0.25) is 11.8 Å². The van der Waals surface area contributed by atoms with E-state index >= 15 is 0 Å². The minimum absolute atomic E-state index is 0.0833. The molecule has 9 heteroatoms. The normalized spacial score (nSPS) is 32.7. The number of benzene rings is 2. The predicted octanol–water partition coefficient (Wildman–Crippen LogP) is 4.91. The van der Waals surface area contributed by atoms with Gasteiger partial charge < -0.3 is 21.1 Å². The van der Waals surface area contributed by atoms with Crippen molar-refractivity contribution in [2.45, 2.75) is 82.0 Å². The number of anilines is 1. The summed E-state index contributed by atoms with van der Waals surface area (Å²) in [4.78, 5) is 27.9. The lowest BCUT2D eigenvalue weighted by Crippen LogP contribution is -2.57. The lowest BCUT2D eigenvalue weighted by molar-refractivity contribution is -0.127. The molecule has 0 aromatic heterocycles. The Morgan fingerprint density at radius 3 is 2.54 bits per heavy atom. The first-order valence-corrected chi connectivity index (χ1v) is 13.3. The minimum Gasteiger partial charge on any atom is -0.390 e. The molecule has 1 saturated carbocycles. The van der Waals surface area contributed by atoms with E-state index in [0.29, 0.717) is 41.1 Å². The van der Waals surface area contributed by atoms with Crippen LogP contribution in [-0.2, 0) is 15.0 Å². The maximum atomic E-state index is 14.9. The topological polar surface area (TPSA) is 90.5 Å². The van der Waals surface area contributed by atoms with E-state index < -0.39 is 34.8 Å². The van der Waals surface area contributed by atoms with E-state index in [9.17, 15) is 19.1 Å². The number of amides is 2. The first kappa shape index (κ1) is 26.4. The summed E-state index contributed by atoms with van der Waals surface area (Å²) in [6.07, 6.45) is 1.46. The molecule has 5 rings (SSSR count). The van der Waals surface area contributed by atoms with Gasteiger partial charge in [0, 0.05) is 28.7 Å². The van der Waals surface area contributed by atoms with E-state index in [1.807, 2.05) is 6.07 Å². The minimum atomic E-state index is -1.29. The van der Waals surface area contributed by atoms with Crippen LogP contribution in [0.2, 0.25) is 10.0 Å². The molecule has 37 heavy (non-hydrogen) atoms. The third kappa shape index (κ3) is 4.54. The summed E-state index contributed by atoms with van der Waals surface area (Å²) < 4.78 is 14.9. The number of halogens is 3. The second kappa shape index (κ2) is 8.94. The molecule has 1 spiro atoms. The van der Waals surface area contributed by atoms with Gasteiger partial charge in [-0.2, -0.15) is 0 Å². The smallest absolute Gasteiger partial charge is 0.238 e. The highest BCUT2D eigenvalue weighted by Gasteiger charge is 2.66. The Morgan fingerprint density at radius 1 is 1.22 bits per heavy atom. The van der Waals surface area contributed by atoms with Crippen molar-refractivity contribution in [2.24, 2.45) is 5.41 Å². The molecule has 0 radical (unpaired) electrons. The number of aliphatic hydroxyl groups is 1. The number of hydrogen-bond acceptors (Lipinski definition) is 4. The van der Waals surface area contributed by atoms with Crippen molar-refractivity contribution in [3.05, 3.63) is 63.4 Å². The van der Waals surface area contributed by atoms with Crippen LogP contribution >= 0.6 is 23.2 Å². The zero-order valence-electron chi connectivity index (χ0n) is 21.3. The molecule has 2 aliphatic heterocycles. The van der Waals surface area contributed by atoms with Gasteiger partial charge in [0.05, 0.1) is 16.7 Å². The van der Waals surface area contributed by atoms with Crippen LogP contribution in [0.5, 0.6) is 0 Å².